The second-order valence-electron chi connectivity index (χ2n) is 3.86. The molecule has 0 spiro atoms. The SMILES string of the molecule is CCC1(C)CC(C(=O)OC)CCO1. The maximum absolute atomic E-state index is 11.3. The Kier molecular flexibility index (Phi) is 3.31. The second kappa shape index (κ2) is 4.09. The molecule has 2 unspecified atom stereocenters. The zero-order chi connectivity index (χ0) is 9.90. The number of methoxy groups -OCH3 is 1. The van der Waals surface area contributed by atoms with Crippen LogP contribution < -0.4 is 0 Å². The van der Waals surface area contributed by atoms with E-state index in [1.54, 1.807) is 0 Å². The molecule has 0 radical (unpaired) electrons. The Hall–Kier alpha value is -0.570. The van der Waals surface area contributed by atoms with Gasteiger partial charge in [0, 0.05) is 6.61 Å². The average Bonchev–Trinajstić information content (AvgIpc) is 2.17. The number of carbonyl (C=O) groups is 1. The fourth-order valence-corrected chi connectivity index (χ4v) is 1.74. The molecule has 2 atom stereocenters. The highest BCUT2D eigenvalue weighted by atomic mass is 16.5. The van der Waals surface area contributed by atoms with Gasteiger partial charge in [-0.3, -0.25) is 4.79 Å². The molecule has 3 heteroatoms. The highest BCUT2D eigenvalue weighted by molar-refractivity contribution is 5.72. The van der Waals surface area contributed by atoms with Gasteiger partial charge in [-0.1, -0.05) is 6.92 Å². The Labute approximate surface area is 79.4 Å². The predicted octanol–water partition coefficient (Wildman–Crippen LogP) is 1.75. The Balaban J connectivity index is 2.56. The van der Waals surface area contributed by atoms with Crippen LogP contribution in [0.4, 0.5) is 0 Å². The molecule has 0 N–H and O–H groups in total. The van der Waals surface area contributed by atoms with Gasteiger partial charge in [0.15, 0.2) is 0 Å². The fourth-order valence-electron chi connectivity index (χ4n) is 1.74. The maximum atomic E-state index is 11.3. The minimum atomic E-state index is -0.128. The van der Waals surface area contributed by atoms with E-state index in [-0.39, 0.29) is 17.5 Å². The summed E-state index contributed by atoms with van der Waals surface area (Å²) in [5.41, 5.74) is -0.128. The third-order valence-electron chi connectivity index (χ3n) is 2.88. The fraction of sp³-hybridized carbons (Fsp3) is 0.900. The van der Waals surface area contributed by atoms with Gasteiger partial charge in [-0.25, -0.2) is 0 Å². The van der Waals surface area contributed by atoms with Crippen molar-refractivity contribution in [3.8, 4) is 0 Å². The minimum Gasteiger partial charge on any atom is -0.469 e. The van der Waals surface area contributed by atoms with E-state index in [0.29, 0.717) is 6.61 Å². The Morgan fingerprint density at radius 1 is 1.69 bits per heavy atom. The maximum Gasteiger partial charge on any atom is 0.308 e. The van der Waals surface area contributed by atoms with E-state index >= 15 is 0 Å². The first kappa shape index (κ1) is 10.5. The van der Waals surface area contributed by atoms with E-state index in [1.807, 2.05) is 0 Å². The molecule has 0 saturated carbocycles. The molecule has 0 bridgehead atoms. The first-order chi connectivity index (χ1) is 6.11. The average molecular weight is 186 g/mol. The van der Waals surface area contributed by atoms with Gasteiger partial charge in [0.05, 0.1) is 18.6 Å². The van der Waals surface area contributed by atoms with Crippen LogP contribution in [0, 0.1) is 5.92 Å². The van der Waals surface area contributed by atoms with Crippen LogP contribution in [0.1, 0.15) is 33.1 Å². The van der Waals surface area contributed by atoms with Crippen molar-refractivity contribution in [3.05, 3.63) is 0 Å². The largest absolute Gasteiger partial charge is 0.469 e. The van der Waals surface area contributed by atoms with E-state index in [1.165, 1.54) is 7.11 Å². The highest BCUT2D eigenvalue weighted by Crippen LogP contribution is 2.31. The topological polar surface area (TPSA) is 35.5 Å². The van der Waals surface area contributed by atoms with E-state index < -0.39 is 0 Å². The summed E-state index contributed by atoms with van der Waals surface area (Å²) in [7, 11) is 1.45. The summed E-state index contributed by atoms with van der Waals surface area (Å²) >= 11 is 0. The van der Waals surface area contributed by atoms with Gasteiger partial charge >= 0.3 is 5.97 Å². The molecule has 1 aliphatic heterocycles. The molecule has 1 aliphatic rings. The van der Waals surface area contributed by atoms with Crippen molar-refractivity contribution in [1.82, 2.24) is 0 Å². The molecule has 3 nitrogen and oxygen atoms in total. The summed E-state index contributed by atoms with van der Waals surface area (Å²) in [4.78, 5) is 11.3. The zero-order valence-electron chi connectivity index (χ0n) is 8.63. The van der Waals surface area contributed by atoms with Crippen LogP contribution in [0.5, 0.6) is 0 Å². The van der Waals surface area contributed by atoms with Gasteiger partial charge in [-0.2, -0.15) is 0 Å². The molecule has 76 valence electrons. The molecule has 0 aromatic rings. The van der Waals surface area contributed by atoms with Crippen molar-refractivity contribution < 1.29 is 14.3 Å². The van der Waals surface area contributed by atoms with Crippen molar-refractivity contribution in [2.75, 3.05) is 13.7 Å². The molecule has 0 aliphatic carbocycles. The lowest BCUT2D eigenvalue weighted by Gasteiger charge is -2.36. The van der Waals surface area contributed by atoms with Gasteiger partial charge in [-0.05, 0) is 26.2 Å². The number of rotatable bonds is 2. The van der Waals surface area contributed by atoms with Gasteiger partial charge < -0.3 is 9.47 Å². The Morgan fingerprint density at radius 3 is 2.92 bits per heavy atom. The van der Waals surface area contributed by atoms with Crippen LogP contribution in [0.2, 0.25) is 0 Å². The molecule has 0 aromatic carbocycles. The summed E-state index contributed by atoms with van der Waals surface area (Å²) in [5, 5.41) is 0. The van der Waals surface area contributed by atoms with Gasteiger partial charge in [-0.15, -0.1) is 0 Å². The van der Waals surface area contributed by atoms with Crippen molar-refractivity contribution in [2.24, 2.45) is 5.92 Å². The third-order valence-corrected chi connectivity index (χ3v) is 2.88. The summed E-state index contributed by atoms with van der Waals surface area (Å²) in [6, 6.07) is 0. The van der Waals surface area contributed by atoms with Crippen molar-refractivity contribution in [2.45, 2.75) is 38.7 Å². The van der Waals surface area contributed by atoms with E-state index in [2.05, 4.69) is 13.8 Å². The van der Waals surface area contributed by atoms with Crippen LogP contribution >= 0.6 is 0 Å². The van der Waals surface area contributed by atoms with Gasteiger partial charge in [0.25, 0.3) is 0 Å². The number of esters is 1. The van der Waals surface area contributed by atoms with Crippen LogP contribution in [-0.4, -0.2) is 25.3 Å². The minimum absolute atomic E-state index is 0.0312. The number of carbonyl (C=O) groups excluding carboxylic acids is 1. The zero-order valence-corrected chi connectivity index (χ0v) is 8.63. The third kappa shape index (κ3) is 2.44. The number of ether oxygens (including phenoxy) is 2. The van der Waals surface area contributed by atoms with Crippen LogP contribution in [0.25, 0.3) is 0 Å². The summed E-state index contributed by atoms with van der Waals surface area (Å²) in [6.45, 7) is 4.81. The predicted molar refractivity (Wildman–Crippen MR) is 49.4 cm³/mol. The number of hydrogen-bond donors (Lipinski definition) is 0. The summed E-state index contributed by atoms with van der Waals surface area (Å²) < 4.78 is 10.4. The molecule has 0 amide bonds. The summed E-state index contributed by atoms with van der Waals surface area (Å²) in [6.07, 6.45) is 2.53. The van der Waals surface area contributed by atoms with Crippen molar-refractivity contribution >= 4 is 5.97 Å². The molecule has 1 rings (SSSR count). The molecular formula is C10H18O3. The van der Waals surface area contributed by atoms with E-state index in [0.717, 1.165) is 19.3 Å². The molecule has 13 heavy (non-hydrogen) atoms. The lowest BCUT2D eigenvalue weighted by atomic mass is 9.85. The quantitative estimate of drug-likeness (QED) is 0.616. The van der Waals surface area contributed by atoms with E-state index in [4.69, 9.17) is 9.47 Å². The summed E-state index contributed by atoms with van der Waals surface area (Å²) in [5.74, 6) is -0.0633. The standard InChI is InChI=1S/C10H18O3/c1-4-10(2)7-8(5-6-13-10)9(11)12-3/h8H,4-7H2,1-3H3. The lowest BCUT2D eigenvalue weighted by molar-refractivity contribution is -0.156. The first-order valence-corrected chi connectivity index (χ1v) is 4.83. The molecule has 0 aromatic heterocycles. The Morgan fingerprint density at radius 2 is 2.38 bits per heavy atom. The van der Waals surface area contributed by atoms with Crippen molar-refractivity contribution in [3.63, 3.8) is 0 Å². The second-order valence-corrected chi connectivity index (χ2v) is 3.86. The Bertz CT molecular complexity index is 191. The highest BCUT2D eigenvalue weighted by Gasteiger charge is 2.35. The lowest BCUT2D eigenvalue weighted by Crippen LogP contribution is -2.39. The van der Waals surface area contributed by atoms with Crippen LogP contribution in [0.3, 0.4) is 0 Å². The number of hydrogen-bond acceptors (Lipinski definition) is 3. The van der Waals surface area contributed by atoms with Crippen LogP contribution in [0.15, 0.2) is 0 Å². The monoisotopic (exact) mass is 186 g/mol. The molecule has 1 saturated heterocycles. The first-order valence-electron chi connectivity index (χ1n) is 4.83. The van der Waals surface area contributed by atoms with Crippen molar-refractivity contribution in [1.29, 1.82) is 0 Å². The normalized spacial score (nSPS) is 34.2. The smallest absolute Gasteiger partial charge is 0.308 e. The van der Waals surface area contributed by atoms with Gasteiger partial charge in [0.1, 0.15) is 0 Å². The van der Waals surface area contributed by atoms with Gasteiger partial charge in [0.2, 0.25) is 0 Å². The van der Waals surface area contributed by atoms with Crippen LogP contribution in [-0.2, 0) is 14.3 Å². The molecule has 1 fully saturated rings. The molecule has 1 heterocycles. The molecular weight excluding hydrogens is 168 g/mol. The van der Waals surface area contributed by atoms with E-state index in [9.17, 15) is 4.79 Å².